The van der Waals surface area contributed by atoms with Gasteiger partial charge in [-0.2, -0.15) is 15.0 Å². The zero-order chi connectivity index (χ0) is 12.5. The number of nitrogens with one attached hydrogen (secondary N) is 2. The Morgan fingerprint density at radius 1 is 1.24 bits per heavy atom. The highest BCUT2D eigenvalue weighted by atomic mass is 35.5. The maximum Gasteiger partial charge on any atom is 0.228 e. The summed E-state index contributed by atoms with van der Waals surface area (Å²) >= 11 is 5.81. The van der Waals surface area contributed by atoms with Crippen LogP contribution in [-0.4, -0.2) is 28.5 Å². The van der Waals surface area contributed by atoms with Crippen LogP contribution < -0.4 is 10.6 Å². The van der Waals surface area contributed by atoms with Gasteiger partial charge in [0.2, 0.25) is 17.2 Å². The van der Waals surface area contributed by atoms with E-state index in [1.54, 1.807) is 7.05 Å². The van der Waals surface area contributed by atoms with Crippen molar-refractivity contribution in [3.05, 3.63) is 5.28 Å². The SMILES string of the molecule is CNc1nc(Cl)nc(NCC2(C(C)C)CC2)n1. The van der Waals surface area contributed by atoms with Crippen LogP contribution in [0.5, 0.6) is 0 Å². The van der Waals surface area contributed by atoms with Gasteiger partial charge in [-0.05, 0) is 35.8 Å². The van der Waals surface area contributed by atoms with Gasteiger partial charge in [-0.1, -0.05) is 13.8 Å². The first-order chi connectivity index (χ1) is 8.05. The quantitative estimate of drug-likeness (QED) is 0.846. The molecule has 17 heavy (non-hydrogen) atoms. The van der Waals surface area contributed by atoms with E-state index < -0.39 is 0 Å². The number of nitrogens with zero attached hydrogens (tertiary/aromatic N) is 3. The largest absolute Gasteiger partial charge is 0.357 e. The summed E-state index contributed by atoms with van der Waals surface area (Å²) in [5.41, 5.74) is 0.416. The van der Waals surface area contributed by atoms with Crippen molar-refractivity contribution in [3.8, 4) is 0 Å². The van der Waals surface area contributed by atoms with Crippen LogP contribution in [0.1, 0.15) is 26.7 Å². The van der Waals surface area contributed by atoms with E-state index in [0.29, 0.717) is 23.2 Å². The average molecular weight is 256 g/mol. The monoisotopic (exact) mass is 255 g/mol. The lowest BCUT2D eigenvalue weighted by Gasteiger charge is -2.19. The lowest BCUT2D eigenvalue weighted by Crippen LogP contribution is -2.22. The Kier molecular flexibility index (Phi) is 3.38. The molecular weight excluding hydrogens is 238 g/mol. The number of halogens is 1. The van der Waals surface area contributed by atoms with E-state index in [9.17, 15) is 0 Å². The van der Waals surface area contributed by atoms with Gasteiger partial charge in [-0.3, -0.25) is 0 Å². The zero-order valence-corrected chi connectivity index (χ0v) is 11.2. The highest BCUT2D eigenvalue weighted by Gasteiger charge is 2.45. The Balaban J connectivity index is 2.02. The second kappa shape index (κ2) is 4.64. The Morgan fingerprint density at radius 2 is 1.88 bits per heavy atom. The maximum atomic E-state index is 5.81. The molecule has 5 nitrogen and oxygen atoms in total. The minimum atomic E-state index is 0.209. The van der Waals surface area contributed by atoms with Gasteiger partial charge in [0.05, 0.1) is 0 Å². The van der Waals surface area contributed by atoms with E-state index in [4.69, 9.17) is 11.6 Å². The summed E-state index contributed by atoms with van der Waals surface area (Å²) in [4.78, 5) is 12.2. The molecule has 0 amide bonds. The van der Waals surface area contributed by atoms with E-state index in [2.05, 4.69) is 39.4 Å². The second-order valence-corrected chi connectivity index (χ2v) is 5.21. The summed E-state index contributed by atoms with van der Waals surface area (Å²) in [6.45, 7) is 5.41. The van der Waals surface area contributed by atoms with Crippen molar-refractivity contribution < 1.29 is 0 Å². The van der Waals surface area contributed by atoms with Gasteiger partial charge in [-0.25, -0.2) is 0 Å². The fourth-order valence-electron chi connectivity index (χ4n) is 1.91. The van der Waals surface area contributed by atoms with Crippen molar-refractivity contribution in [2.75, 3.05) is 24.2 Å². The molecule has 1 saturated carbocycles. The molecule has 0 radical (unpaired) electrons. The van der Waals surface area contributed by atoms with Gasteiger partial charge < -0.3 is 10.6 Å². The second-order valence-electron chi connectivity index (χ2n) is 4.87. The standard InChI is InChI=1S/C11H18ClN5/c1-7(2)11(4-5-11)6-14-10-16-8(12)15-9(13-3)17-10/h7H,4-6H2,1-3H3,(H2,13,14,15,16,17). The molecule has 6 heteroatoms. The molecule has 1 aromatic heterocycles. The number of hydrogen-bond donors (Lipinski definition) is 2. The van der Waals surface area contributed by atoms with Crippen LogP contribution >= 0.6 is 11.6 Å². The minimum absolute atomic E-state index is 0.209. The molecular formula is C11H18ClN5. The van der Waals surface area contributed by atoms with E-state index in [1.807, 2.05) is 0 Å². The van der Waals surface area contributed by atoms with Crippen molar-refractivity contribution in [3.63, 3.8) is 0 Å². The van der Waals surface area contributed by atoms with Crippen LogP contribution in [-0.2, 0) is 0 Å². The van der Waals surface area contributed by atoms with Crippen LogP contribution in [0.2, 0.25) is 5.28 Å². The molecule has 94 valence electrons. The molecule has 0 aromatic carbocycles. The van der Waals surface area contributed by atoms with Gasteiger partial charge in [0, 0.05) is 13.6 Å². The van der Waals surface area contributed by atoms with E-state index in [-0.39, 0.29) is 5.28 Å². The molecule has 0 atom stereocenters. The fourth-order valence-corrected chi connectivity index (χ4v) is 2.07. The lowest BCUT2D eigenvalue weighted by molar-refractivity contribution is 0.379. The van der Waals surface area contributed by atoms with Crippen LogP contribution in [0.4, 0.5) is 11.9 Å². The fraction of sp³-hybridized carbons (Fsp3) is 0.727. The molecule has 2 rings (SSSR count). The minimum Gasteiger partial charge on any atom is -0.357 e. The maximum absolute atomic E-state index is 5.81. The number of anilines is 2. The smallest absolute Gasteiger partial charge is 0.228 e. The molecule has 0 unspecified atom stereocenters. The van der Waals surface area contributed by atoms with Crippen molar-refractivity contribution in [1.82, 2.24) is 15.0 Å². The van der Waals surface area contributed by atoms with Crippen molar-refractivity contribution in [2.45, 2.75) is 26.7 Å². The van der Waals surface area contributed by atoms with Crippen LogP contribution in [0.25, 0.3) is 0 Å². The first-order valence-corrected chi connectivity index (χ1v) is 6.27. The van der Waals surface area contributed by atoms with Crippen molar-refractivity contribution >= 4 is 23.5 Å². The first-order valence-electron chi connectivity index (χ1n) is 5.89. The summed E-state index contributed by atoms with van der Waals surface area (Å²) in [7, 11) is 1.76. The number of rotatable bonds is 5. The Hall–Kier alpha value is -1.10. The molecule has 0 spiro atoms. The molecule has 1 heterocycles. The average Bonchev–Trinajstić information content (AvgIpc) is 3.06. The predicted molar refractivity (Wildman–Crippen MR) is 69.4 cm³/mol. The Bertz CT molecular complexity index is 403. The molecule has 0 aliphatic heterocycles. The van der Waals surface area contributed by atoms with E-state index in [0.717, 1.165) is 6.54 Å². The molecule has 1 aliphatic rings. The Morgan fingerprint density at radius 3 is 2.41 bits per heavy atom. The van der Waals surface area contributed by atoms with Gasteiger partial charge in [-0.15, -0.1) is 0 Å². The van der Waals surface area contributed by atoms with Gasteiger partial charge >= 0.3 is 0 Å². The highest BCUT2D eigenvalue weighted by molar-refractivity contribution is 6.28. The topological polar surface area (TPSA) is 62.7 Å². The lowest BCUT2D eigenvalue weighted by atomic mass is 9.92. The third-order valence-electron chi connectivity index (χ3n) is 3.55. The predicted octanol–water partition coefficient (Wildman–Crippen LogP) is 2.41. The third kappa shape index (κ3) is 2.77. The molecule has 2 N–H and O–H groups in total. The summed E-state index contributed by atoms with van der Waals surface area (Å²) in [6.07, 6.45) is 2.55. The molecule has 1 fully saturated rings. The molecule has 1 aromatic rings. The van der Waals surface area contributed by atoms with E-state index in [1.165, 1.54) is 12.8 Å². The first kappa shape index (κ1) is 12.4. The highest BCUT2D eigenvalue weighted by Crippen LogP contribution is 2.51. The van der Waals surface area contributed by atoms with Crippen molar-refractivity contribution in [2.24, 2.45) is 11.3 Å². The normalized spacial score (nSPS) is 17.0. The van der Waals surface area contributed by atoms with Gasteiger partial charge in [0.1, 0.15) is 0 Å². The van der Waals surface area contributed by atoms with Gasteiger partial charge in [0.15, 0.2) is 0 Å². The zero-order valence-electron chi connectivity index (χ0n) is 10.4. The molecule has 1 aliphatic carbocycles. The Labute approximate surface area is 106 Å². The van der Waals surface area contributed by atoms with Crippen LogP contribution in [0.15, 0.2) is 0 Å². The summed E-state index contributed by atoms with van der Waals surface area (Å²) < 4.78 is 0. The summed E-state index contributed by atoms with van der Waals surface area (Å²) in [5, 5.41) is 6.32. The van der Waals surface area contributed by atoms with Crippen LogP contribution in [0, 0.1) is 11.3 Å². The number of aromatic nitrogens is 3. The van der Waals surface area contributed by atoms with Crippen LogP contribution in [0.3, 0.4) is 0 Å². The summed E-state index contributed by atoms with van der Waals surface area (Å²) in [6, 6.07) is 0. The summed E-state index contributed by atoms with van der Waals surface area (Å²) in [5.74, 6) is 1.71. The van der Waals surface area contributed by atoms with E-state index >= 15 is 0 Å². The molecule has 0 saturated heterocycles. The van der Waals surface area contributed by atoms with Gasteiger partial charge in [0.25, 0.3) is 0 Å². The molecule has 0 bridgehead atoms. The third-order valence-corrected chi connectivity index (χ3v) is 3.72. The number of hydrogen-bond acceptors (Lipinski definition) is 5. The van der Waals surface area contributed by atoms with Crippen molar-refractivity contribution in [1.29, 1.82) is 0 Å².